The molecule has 1 aromatic heterocycles. The number of fused-ring (bicyclic) bond motifs is 1. The maximum absolute atomic E-state index is 15.1. The molecule has 0 aliphatic heterocycles. The van der Waals surface area contributed by atoms with Crippen molar-refractivity contribution < 1.29 is 45.7 Å². The molecular formula is C37H40F4N4O2S. The van der Waals surface area contributed by atoms with E-state index in [-0.39, 0.29) is 28.1 Å². The van der Waals surface area contributed by atoms with Gasteiger partial charge in [-0.1, -0.05) is 81.0 Å². The van der Waals surface area contributed by atoms with Gasteiger partial charge in [-0.15, -0.1) is 0 Å². The van der Waals surface area contributed by atoms with Gasteiger partial charge in [0.15, 0.2) is 5.16 Å². The van der Waals surface area contributed by atoms with E-state index in [1.807, 2.05) is 0 Å². The number of halogens is 4. The number of amides is 1. The first kappa shape index (κ1) is 19.3. The Morgan fingerprint density at radius 2 is 1.65 bits per heavy atom. The number of thioether (sulfide) groups is 1. The number of aromatic nitrogens is 2. The molecule has 48 heavy (non-hydrogen) atoms. The Labute approximate surface area is 306 Å². The van der Waals surface area contributed by atoms with Crippen LogP contribution in [-0.2, 0) is 42.5 Å². The molecule has 5 rings (SSSR count). The molecule has 0 bridgehead atoms. The smallest absolute Gasteiger partial charge is 0.336 e. The molecule has 1 atom stereocenters. The lowest BCUT2D eigenvalue weighted by Crippen LogP contribution is -2.40. The minimum atomic E-state index is -4.62. The second-order valence-electron chi connectivity index (χ2n) is 10.2. The molecule has 1 amide bonds. The third-order valence-corrected chi connectivity index (χ3v) is 7.68. The highest BCUT2D eigenvalue weighted by Gasteiger charge is 2.30. The normalized spacial score (nSPS) is 24.4. The van der Waals surface area contributed by atoms with Gasteiger partial charge in [-0.2, -0.15) is 18.2 Å². The Bertz CT molecular complexity index is 2540. The zero-order valence-corrected chi connectivity index (χ0v) is 26.6. The van der Waals surface area contributed by atoms with Crippen LogP contribution in [0.5, 0.6) is 0 Å². The molecular weight excluding hydrogens is 640 g/mol. The van der Waals surface area contributed by atoms with Crippen LogP contribution in [0, 0.1) is 11.7 Å². The number of carbonyl (C=O) groups is 1. The Hall–Kier alpha value is -3.96. The van der Waals surface area contributed by atoms with Gasteiger partial charge in [-0.05, 0) is 78.2 Å². The number of benzene rings is 3. The van der Waals surface area contributed by atoms with Gasteiger partial charge in [0, 0.05) is 48.8 Å². The maximum Gasteiger partial charge on any atom is 0.416 e. The van der Waals surface area contributed by atoms with Gasteiger partial charge in [-0.3, -0.25) is 9.59 Å². The standard InChI is InChI=1S/C37H40F4N4O2S/c1-4-43(5-2)18-19-44(22-26-6-10-28(11-7-26)29-12-14-30(15-13-29)37(39,40)41)34(46)23-45-33-21-25(3)20-32(33)35(47)42-36(45)48-24-27-8-16-31(38)17-9-27/h6-17,25H,4-5,18-24H2,1-3H3/i8D,9D,16D,17D,18D2,19D2,20D2,21D2,23D2,24D2,25D. The van der Waals surface area contributed by atoms with E-state index >= 15 is 4.79 Å². The molecule has 0 N–H and O–H groups in total. The van der Waals surface area contributed by atoms with E-state index in [9.17, 15) is 27.8 Å². The van der Waals surface area contributed by atoms with Crippen molar-refractivity contribution in [3.63, 3.8) is 0 Å². The van der Waals surface area contributed by atoms with Crippen molar-refractivity contribution in [1.82, 2.24) is 19.4 Å². The molecule has 0 saturated carbocycles. The van der Waals surface area contributed by atoms with Gasteiger partial charge < -0.3 is 14.4 Å². The predicted octanol–water partition coefficient (Wildman–Crippen LogP) is 7.47. The van der Waals surface area contributed by atoms with E-state index in [1.165, 1.54) is 50.2 Å². The monoisotopic (exact) mass is 697 g/mol. The third-order valence-electron chi connectivity index (χ3n) is 6.92. The second kappa shape index (κ2) is 15.5. The molecule has 3 aromatic carbocycles. The van der Waals surface area contributed by atoms with Crippen LogP contribution in [0.3, 0.4) is 0 Å². The molecule has 0 saturated heterocycles. The van der Waals surface area contributed by atoms with Gasteiger partial charge in [0.1, 0.15) is 12.3 Å². The summed E-state index contributed by atoms with van der Waals surface area (Å²) in [4.78, 5) is 33.5. The van der Waals surface area contributed by atoms with Crippen LogP contribution in [0.1, 0.15) is 72.0 Å². The summed E-state index contributed by atoms with van der Waals surface area (Å²) in [6, 6.07) is 4.10. The number of rotatable bonds is 13. The zero-order valence-electron chi connectivity index (χ0n) is 42.8. The fourth-order valence-corrected chi connectivity index (χ4v) is 5.07. The highest BCUT2D eigenvalue weighted by Crippen LogP contribution is 2.32. The van der Waals surface area contributed by atoms with Gasteiger partial charge >= 0.3 is 6.18 Å². The third kappa shape index (κ3) is 8.73. The highest BCUT2D eigenvalue weighted by molar-refractivity contribution is 7.98. The molecule has 11 heteroatoms. The van der Waals surface area contributed by atoms with E-state index in [1.54, 1.807) is 0 Å². The molecule has 1 heterocycles. The van der Waals surface area contributed by atoms with Crippen LogP contribution >= 0.6 is 11.8 Å². The largest absolute Gasteiger partial charge is 0.416 e. The lowest BCUT2D eigenvalue weighted by molar-refractivity contribution is -0.137. The summed E-state index contributed by atoms with van der Waals surface area (Å²) in [5.74, 6) is -6.76. The SMILES string of the molecule is [2H]c1c([2H])c(C([2H])([2H])Sc2nc(=O)c3c(n2C([2H])([2H])C(=O)N(Cc2ccc(-c4ccc(C(F)(F)F)cc4)cc2)C([2H])([2H])C([2H])([2H])N(CC)CC)C([2H])([2H])C([2H])(C)C3([2H])[2H])c([2H])c([2H])c1F. The molecule has 1 unspecified atom stereocenters. The van der Waals surface area contributed by atoms with E-state index in [4.69, 9.17) is 17.8 Å². The van der Waals surface area contributed by atoms with Crippen molar-refractivity contribution in [2.24, 2.45) is 5.89 Å². The van der Waals surface area contributed by atoms with Gasteiger partial charge in [0.05, 0.1) is 16.5 Å². The molecule has 0 radical (unpaired) electrons. The van der Waals surface area contributed by atoms with Crippen molar-refractivity contribution in [2.75, 3.05) is 26.1 Å². The van der Waals surface area contributed by atoms with Crippen molar-refractivity contribution >= 4 is 17.7 Å². The zero-order chi connectivity index (χ0) is 49.6. The second-order valence-corrected chi connectivity index (χ2v) is 11.0. The Kier molecular flexibility index (Phi) is 6.23. The number of hydrogen-bond donors (Lipinski definition) is 0. The topological polar surface area (TPSA) is 58.4 Å². The lowest BCUT2D eigenvalue weighted by Gasteiger charge is -2.28. The summed E-state index contributed by atoms with van der Waals surface area (Å²) < 4.78 is 203. The van der Waals surface area contributed by atoms with Crippen LogP contribution in [0.25, 0.3) is 11.1 Å². The number of carbonyl (C=O) groups excluding carboxylic acids is 1. The van der Waals surface area contributed by atoms with Gasteiger partial charge in [0.2, 0.25) is 5.91 Å². The van der Waals surface area contributed by atoms with Crippen LogP contribution < -0.4 is 5.56 Å². The number of nitrogens with zero attached hydrogens (tertiary/aromatic N) is 4. The molecule has 0 fully saturated rings. The van der Waals surface area contributed by atoms with Crippen LogP contribution in [0.4, 0.5) is 17.6 Å². The molecule has 6 nitrogen and oxygen atoms in total. The number of hydrogen-bond acceptors (Lipinski definition) is 5. The summed E-state index contributed by atoms with van der Waals surface area (Å²) in [6.07, 6.45) is -11.4. The van der Waals surface area contributed by atoms with E-state index < -0.39 is 137 Å². The average molecular weight is 698 g/mol. The van der Waals surface area contributed by atoms with Crippen molar-refractivity contribution in [3.05, 3.63) is 117 Å². The molecule has 254 valence electrons. The van der Waals surface area contributed by atoms with Crippen molar-refractivity contribution in [2.45, 2.75) is 63.6 Å². The lowest BCUT2D eigenvalue weighted by atomic mass is 10.0. The minimum Gasteiger partial charge on any atom is -0.336 e. The minimum absolute atomic E-state index is 0.0247. The Morgan fingerprint density at radius 1 is 1.02 bits per heavy atom. The fraction of sp³-hybridized carbons (Fsp3) is 0.378. The van der Waals surface area contributed by atoms with E-state index in [0.717, 1.165) is 17.0 Å². The van der Waals surface area contributed by atoms with Gasteiger partial charge in [-0.25, -0.2) is 4.39 Å². The molecule has 4 aromatic rings. The summed E-state index contributed by atoms with van der Waals surface area (Å²) in [6.45, 7) is -8.50. The quantitative estimate of drug-likeness (QED) is 0.0825. The number of alkyl halides is 3. The summed E-state index contributed by atoms with van der Waals surface area (Å²) in [5, 5.41) is -1.33. The van der Waals surface area contributed by atoms with Crippen LogP contribution in [0.15, 0.2) is 82.7 Å². The first-order chi connectivity index (χ1) is 29.5. The molecule has 1 aliphatic carbocycles. The first-order valence-electron chi connectivity index (χ1n) is 23.0. The highest BCUT2D eigenvalue weighted by atomic mass is 32.2. The summed E-state index contributed by atoms with van der Waals surface area (Å²) >= 11 is -0.398. The maximum atomic E-state index is 15.1. The molecule has 1 aliphatic rings. The van der Waals surface area contributed by atoms with E-state index in [2.05, 4.69) is 4.98 Å². The van der Waals surface area contributed by atoms with E-state index in [0.29, 0.717) is 18.1 Å². The fourth-order valence-electron chi connectivity index (χ4n) is 4.41. The number of likely N-dealkylation sites (N-methyl/N-ethyl adjacent to an activating group) is 1. The Morgan fingerprint density at radius 3 is 2.25 bits per heavy atom. The average Bonchev–Trinajstić information content (AvgIpc) is 3.31. The summed E-state index contributed by atoms with van der Waals surface area (Å²) in [5.41, 5.74) is -9.24. The first-order valence-corrected chi connectivity index (χ1v) is 15.3. The molecule has 0 spiro atoms. The summed E-state index contributed by atoms with van der Waals surface area (Å²) in [7, 11) is 0. The van der Waals surface area contributed by atoms with Crippen molar-refractivity contribution in [3.8, 4) is 11.1 Å². The van der Waals surface area contributed by atoms with Gasteiger partial charge in [0.25, 0.3) is 5.56 Å². The Balaban J connectivity index is 1.78. The van der Waals surface area contributed by atoms with Crippen molar-refractivity contribution in [1.29, 1.82) is 0 Å². The predicted molar refractivity (Wildman–Crippen MR) is 181 cm³/mol. The van der Waals surface area contributed by atoms with Crippen LogP contribution in [0.2, 0.25) is 0 Å². The van der Waals surface area contributed by atoms with Crippen LogP contribution in [-0.4, -0.2) is 51.3 Å².